The molecule has 5 heterocycles. The van der Waals surface area contributed by atoms with E-state index in [1.807, 2.05) is 42.5 Å². The van der Waals surface area contributed by atoms with Gasteiger partial charge >= 0.3 is 0 Å². The Labute approximate surface area is 231 Å². The lowest BCUT2D eigenvalue weighted by Crippen LogP contribution is -2.50. The van der Waals surface area contributed by atoms with Gasteiger partial charge in [-0.25, -0.2) is 15.0 Å². The Bertz CT molecular complexity index is 1660. The highest BCUT2D eigenvalue weighted by atomic mass is 16.5. The molecule has 5 aromatic rings. The van der Waals surface area contributed by atoms with Crippen molar-refractivity contribution < 1.29 is 4.74 Å². The molecule has 3 N–H and O–H groups in total. The molecule has 0 saturated carbocycles. The first-order chi connectivity index (χ1) is 19.7. The summed E-state index contributed by atoms with van der Waals surface area (Å²) in [5.74, 6) is 2.97. The highest BCUT2D eigenvalue weighted by Crippen LogP contribution is 2.34. The second-order valence-corrected chi connectivity index (χ2v) is 10.1. The average Bonchev–Trinajstić information content (AvgIpc) is 3.47. The Hall–Kier alpha value is -4.83. The minimum Gasteiger partial charge on any atom is -0.438 e. The molecule has 10 heteroatoms. The molecule has 2 aromatic carbocycles. The fraction of sp³-hybridized carbons (Fsp3) is 0.233. The zero-order valence-electron chi connectivity index (χ0n) is 21.9. The third kappa shape index (κ3) is 4.73. The summed E-state index contributed by atoms with van der Waals surface area (Å²) in [7, 11) is 0. The van der Waals surface area contributed by atoms with E-state index in [1.165, 1.54) is 19.4 Å². The number of piperazine rings is 1. The van der Waals surface area contributed by atoms with E-state index >= 15 is 0 Å². The van der Waals surface area contributed by atoms with Crippen LogP contribution in [0.3, 0.4) is 0 Å². The summed E-state index contributed by atoms with van der Waals surface area (Å²) in [6.45, 7) is 4.29. The van der Waals surface area contributed by atoms with E-state index in [0.717, 1.165) is 53.3 Å². The van der Waals surface area contributed by atoms with Gasteiger partial charge in [0.1, 0.15) is 5.75 Å². The molecule has 0 spiro atoms. The first kappa shape index (κ1) is 24.2. The Morgan fingerprint density at radius 2 is 1.73 bits per heavy atom. The topological polar surface area (TPSA) is 118 Å². The van der Waals surface area contributed by atoms with Gasteiger partial charge in [-0.3, -0.25) is 4.90 Å². The molecule has 0 bridgehead atoms. The standard InChI is InChI=1S/C30H29N9O/c31-30-33-15-13-26(35-30)25-8-3-14-32-29(25)40-22-11-9-20(10-12-22)34-27-23-6-1-2-7-24(23)28(37-36-27)39-18-17-38-16-4-5-21(38)19-39/h1-3,6-15,21H,4-5,16-19H2,(H,34,36)(H2,31,33,35)/t21-/m0/s1. The van der Waals surface area contributed by atoms with Gasteiger partial charge in [-0.15, -0.1) is 10.2 Å². The number of nitrogen functional groups attached to an aromatic ring is 1. The van der Waals surface area contributed by atoms with Gasteiger partial charge in [0.05, 0.1) is 11.3 Å². The van der Waals surface area contributed by atoms with Crippen molar-refractivity contribution >= 4 is 34.0 Å². The van der Waals surface area contributed by atoms with Crippen LogP contribution in [0.2, 0.25) is 0 Å². The second-order valence-electron chi connectivity index (χ2n) is 10.1. The molecule has 0 radical (unpaired) electrons. The number of aromatic nitrogens is 5. The smallest absolute Gasteiger partial charge is 0.228 e. The largest absolute Gasteiger partial charge is 0.438 e. The van der Waals surface area contributed by atoms with Gasteiger partial charge < -0.3 is 20.7 Å². The molecular weight excluding hydrogens is 502 g/mol. The van der Waals surface area contributed by atoms with Gasteiger partial charge in [0.25, 0.3) is 0 Å². The second kappa shape index (κ2) is 10.4. The third-order valence-electron chi connectivity index (χ3n) is 7.61. The van der Waals surface area contributed by atoms with Crippen LogP contribution in [0.1, 0.15) is 12.8 Å². The number of nitrogens with one attached hydrogen (secondary N) is 1. The fourth-order valence-electron chi connectivity index (χ4n) is 5.64. The molecule has 2 fully saturated rings. The summed E-state index contributed by atoms with van der Waals surface area (Å²) in [6, 6.07) is 22.1. The van der Waals surface area contributed by atoms with E-state index < -0.39 is 0 Å². The quantitative estimate of drug-likeness (QED) is 0.314. The summed E-state index contributed by atoms with van der Waals surface area (Å²) >= 11 is 0. The van der Waals surface area contributed by atoms with Crippen LogP contribution in [0.5, 0.6) is 11.6 Å². The Morgan fingerprint density at radius 1 is 0.850 bits per heavy atom. The predicted octanol–water partition coefficient (Wildman–Crippen LogP) is 4.88. The molecule has 10 nitrogen and oxygen atoms in total. The Kier molecular flexibility index (Phi) is 6.29. The van der Waals surface area contributed by atoms with E-state index in [4.69, 9.17) is 15.6 Å². The number of nitrogens with zero attached hydrogens (tertiary/aromatic N) is 7. The number of hydrogen-bond acceptors (Lipinski definition) is 10. The maximum atomic E-state index is 6.11. The van der Waals surface area contributed by atoms with Crippen molar-refractivity contribution in [2.45, 2.75) is 18.9 Å². The van der Waals surface area contributed by atoms with Crippen molar-refractivity contribution in [3.05, 3.63) is 79.1 Å². The highest BCUT2D eigenvalue weighted by Gasteiger charge is 2.32. The van der Waals surface area contributed by atoms with Crippen molar-refractivity contribution in [3.8, 4) is 22.9 Å². The minimum atomic E-state index is 0.197. The molecule has 2 aliphatic rings. The molecule has 200 valence electrons. The van der Waals surface area contributed by atoms with Gasteiger partial charge in [0, 0.05) is 54.5 Å². The summed E-state index contributed by atoms with van der Waals surface area (Å²) < 4.78 is 6.11. The molecule has 0 aliphatic carbocycles. The summed E-state index contributed by atoms with van der Waals surface area (Å²) in [5.41, 5.74) is 8.03. The maximum Gasteiger partial charge on any atom is 0.228 e. The van der Waals surface area contributed by atoms with Crippen LogP contribution in [-0.4, -0.2) is 62.3 Å². The SMILES string of the molecule is Nc1nccc(-c2cccnc2Oc2ccc(Nc3nnc(N4CCN5CCC[C@H]5C4)c4ccccc34)cc2)n1. The molecule has 3 aromatic heterocycles. The molecule has 40 heavy (non-hydrogen) atoms. The lowest BCUT2D eigenvalue weighted by Gasteiger charge is -2.38. The van der Waals surface area contributed by atoms with Crippen LogP contribution in [-0.2, 0) is 0 Å². The molecule has 7 rings (SSSR count). The first-order valence-corrected chi connectivity index (χ1v) is 13.5. The van der Waals surface area contributed by atoms with E-state index in [0.29, 0.717) is 23.4 Å². The van der Waals surface area contributed by atoms with E-state index in [2.05, 4.69) is 53.4 Å². The van der Waals surface area contributed by atoms with Crippen LogP contribution < -0.4 is 20.7 Å². The van der Waals surface area contributed by atoms with Crippen LogP contribution in [0.4, 0.5) is 23.3 Å². The maximum absolute atomic E-state index is 6.11. The fourth-order valence-corrected chi connectivity index (χ4v) is 5.64. The molecular formula is C30H29N9O. The molecule has 1 atom stereocenters. The number of nitrogens with two attached hydrogens (primary N) is 1. The van der Waals surface area contributed by atoms with Gasteiger partial charge in [0.15, 0.2) is 11.6 Å². The van der Waals surface area contributed by atoms with E-state index in [9.17, 15) is 0 Å². The Balaban J connectivity index is 1.11. The number of benzene rings is 2. The molecule has 0 unspecified atom stereocenters. The van der Waals surface area contributed by atoms with Crippen LogP contribution >= 0.6 is 0 Å². The summed E-state index contributed by atoms with van der Waals surface area (Å²) in [6.07, 6.45) is 5.85. The summed E-state index contributed by atoms with van der Waals surface area (Å²) in [5, 5.41) is 14.9. The third-order valence-corrected chi connectivity index (χ3v) is 7.61. The highest BCUT2D eigenvalue weighted by molar-refractivity contribution is 5.99. The van der Waals surface area contributed by atoms with Crippen LogP contribution in [0.25, 0.3) is 22.0 Å². The van der Waals surface area contributed by atoms with Crippen molar-refractivity contribution in [2.24, 2.45) is 0 Å². The van der Waals surface area contributed by atoms with E-state index in [1.54, 1.807) is 18.5 Å². The van der Waals surface area contributed by atoms with E-state index in [-0.39, 0.29) is 5.95 Å². The summed E-state index contributed by atoms with van der Waals surface area (Å²) in [4.78, 5) is 17.7. The van der Waals surface area contributed by atoms with Gasteiger partial charge in [-0.05, 0) is 61.9 Å². The number of anilines is 4. The molecule has 0 amide bonds. The van der Waals surface area contributed by atoms with Gasteiger partial charge in [-0.1, -0.05) is 24.3 Å². The average molecular weight is 532 g/mol. The van der Waals surface area contributed by atoms with Crippen molar-refractivity contribution in [2.75, 3.05) is 42.1 Å². The van der Waals surface area contributed by atoms with Crippen LogP contribution in [0.15, 0.2) is 79.1 Å². The molecule has 2 saturated heterocycles. The van der Waals surface area contributed by atoms with Crippen molar-refractivity contribution in [3.63, 3.8) is 0 Å². The zero-order valence-corrected chi connectivity index (χ0v) is 21.9. The number of fused-ring (bicyclic) bond motifs is 2. The Morgan fingerprint density at radius 3 is 2.60 bits per heavy atom. The number of ether oxygens (including phenoxy) is 1. The van der Waals surface area contributed by atoms with Crippen LogP contribution in [0, 0.1) is 0 Å². The number of rotatable bonds is 6. The minimum absolute atomic E-state index is 0.197. The predicted molar refractivity (Wildman–Crippen MR) is 156 cm³/mol. The zero-order chi connectivity index (χ0) is 26.9. The molecule has 2 aliphatic heterocycles. The van der Waals surface area contributed by atoms with Crippen molar-refractivity contribution in [1.29, 1.82) is 0 Å². The van der Waals surface area contributed by atoms with Crippen molar-refractivity contribution in [1.82, 2.24) is 30.0 Å². The number of pyridine rings is 1. The van der Waals surface area contributed by atoms with Gasteiger partial charge in [0.2, 0.25) is 11.8 Å². The first-order valence-electron chi connectivity index (χ1n) is 13.5. The number of hydrogen-bond donors (Lipinski definition) is 2. The lowest BCUT2D eigenvalue weighted by atomic mass is 10.1. The monoisotopic (exact) mass is 531 g/mol. The lowest BCUT2D eigenvalue weighted by molar-refractivity contribution is 0.230. The normalized spacial score (nSPS) is 17.1. The van der Waals surface area contributed by atoms with Gasteiger partial charge in [-0.2, -0.15) is 0 Å².